The van der Waals surface area contributed by atoms with E-state index in [2.05, 4.69) is 16.8 Å². The van der Waals surface area contributed by atoms with Crippen molar-refractivity contribution in [3.05, 3.63) is 33.2 Å². The molecule has 1 atom stereocenters. The molecular formula is C20H22N2O5S. The van der Waals surface area contributed by atoms with Gasteiger partial charge in [0, 0.05) is 18.3 Å². The molecule has 0 saturated carbocycles. The number of ether oxygens (including phenoxy) is 3. The van der Waals surface area contributed by atoms with Crippen molar-refractivity contribution in [1.29, 1.82) is 0 Å². The highest BCUT2D eigenvalue weighted by Gasteiger charge is 2.27. The fraction of sp³-hybridized carbons (Fsp3) is 0.500. The largest absolute Gasteiger partial charge is 0.488 e. The maximum absolute atomic E-state index is 12.1. The zero-order chi connectivity index (χ0) is 19.7. The van der Waals surface area contributed by atoms with Gasteiger partial charge >= 0.3 is 5.69 Å². The van der Waals surface area contributed by atoms with E-state index >= 15 is 0 Å². The number of fused-ring (bicyclic) bond motifs is 3. The Balaban J connectivity index is 1.72. The predicted molar refractivity (Wildman–Crippen MR) is 105 cm³/mol. The SMILES string of the molecule is CC(C)(O)C#Cc1sc2c(c1OCC1COCCO1)CCn1c-2ccnc1=O. The molecule has 1 unspecified atom stereocenters. The topological polar surface area (TPSA) is 82.8 Å². The molecule has 4 heterocycles. The van der Waals surface area contributed by atoms with Crippen LogP contribution in [0.15, 0.2) is 17.1 Å². The lowest BCUT2D eigenvalue weighted by Gasteiger charge is -2.24. The van der Waals surface area contributed by atoms with Gasteiger partial charge in [0.05, 0.1) is 30.4 Å². The van der Waals surface area contributed by atoms with Crippen LogP contribution in [0, 0.1) is 11.8 Å². The Kier molecular flexibility index (Phi) is 5.25. The average molecular weight is 402 g/mol. The molecule has 2 aliphatic heterocycles. The molecule has 1 saturated heterocycles. The molecule has 0 spiro atoms. The van der Waals surface area contributed by atoms with Crippen LogP contribution in [0.3, 0.4) is 0 Å². The minimum absolute atomic E-state index is 0.123. The van der Waals surface area contributed by atoms with E-state index in [0.29, 0.717) is 45.1 Å². The van der Waals surface area contributed by atoms with Crippen LogP contribution in [0.5, 0.6) is 5.75 Å². The Bertz CT molecular complexity index is 987. The second-order valence-corrected chi connectivity index (χ2v) is 8.29. The molecule has 0 aliphatic carbocycles. The van der Waals surface area contributed by atoms with Crippen molar-refractivity contribution in [2.45, 2.75) is 38.5 Å². The van der Waals surface area contributed by atoms with E-state index < -0.39 is 5.60 Å². The number of aromatic nitrogens is 2. The van der Waals surface area contributed by atoms with Crippen LogP contribution >= 0.6 is 11.3 Å². The predicted octanol–water partition coefficient (Wildman–Crippen LogP) is 1.44. The lowest BCUT2D eigenvalue weighted by Crippen LogP contribution is -2.33. The number of rotatable bonds is 3. The van der Waals surface area contributed by atoms with Crippen LogP contribution in [-0.4, -0.2) is 52.8 Å². The molecule has 2 aliphatic rings. The lowest BCUT2D eigenvalue weighted by molar-refractivity contribution is -0.101. The highest BCUT2D eigenvalue weighted by Crippen LogP contribution is 2.43. The maximum Gasteiger partial charge on any atom is 0.348 e. The summed E-state index contributed by atoms with van der Waals surface area (Å²) >= 11 is 1.47. The third-order valence-corrected chi connectivity index (χ3v) is 5.65. The van der Waals surface area contributed by atoms with Crippen molar-refractivity contribution in [2.75, 3.05) is 26.4 Å². The summed E-state index contributed by atoms with van der Waals surface area (Å²) < 4.78 is 18.9. The maximum atomic E-state index is 12.1. The molecule has 8 heteroatoms. The Morgan fingerprint density at radius 1 is 1.46 bits per heavy atom. The lowest BCUT2D eigenvalue weighted by atomic mass is 10.1. The minimum atomic E-state index is -1.11. The summed E-state index contributed by atoms with van der Waals surface area (Å²) in [5, 5.41) is 10.0. The zero-order valence-electron chi connectivity index (χ0n) is 15.9. The van der Waals surface area contributed by atoms with Gasteiger partial charge in [0.1, 0.15) is 28.9 Å². The van der Waals surface area contributed by atoms with Crippen molar-refractivity contribution < 1.29 is 19.3 Å². The van der Waals surface area contributed by atoms with E-state index in [1.165, 1.54) is 17.5 Å². The number of thiophene rings is 1. The van der Waals surface area contributed by atoms with E-state index in [0.717, 1.165) is 21.0 Å². The third-order valence-electron chi connectivity index (χ3n) is 4.50. The Morgan fingerprint density at radius 2 is 2.32 bits per heavy atom. The monoisotopic (exact) mass is 402 g/mol. The molecule has 0 bridgehead atoms. The van der Waals surface area contributed by atoms with Gasteiger partial charge in [-0.25, -0.2) is 9.78 Å². The van der Waals surface area contributed by atoms with Gasteiger partial charge in [-0.15, -0.1) is 11.3 Å². The fourth-order valence-electron chi connectivity index (χ4n) is 3.21. The molecule has 1 fully saturated rings. The molecular weight excluding hydrogens is 380 g/mol. The van der Waals surface area contributed by atoms with Crippen LogP contribution < -0.4 is 10.4 Å². The zero-order valence-corrected chi connectivity index (χ0v) is 16.7. The number of hydrogen-bond acceptors (Lipinski definition) is 7. The van der Waals surface area contributed by atoms with E-state index in [1.54, 1.807) is 18.4 Å². The molecule has 2 aromatic heterocycles. The second kappa shape index (κ2) is 7.68. The molecule has 4 rings (SSSR count). The highest BCUT2D eigenvalue weighted by molar-refractivity contribution is 7.16. The summed E-state index contributed by atoms with van der Waals surface area (Å²) in [6.45, 7) is 5.86. The standard InChI is InChI=1S/C20H22N2O5S/c1-20(2,24)6-3-16-17(27-12-13-11-25-9-10-26-13)14-5-8-22-15(18(14)28-16)4-7-21-19(22)23/h4,7,13,24H,5,8-12H2,1-2H3. The van der Waals surface area contributed by atoms with Gasteiger partial charge < -0.3 is 19.3 Å². The van der Waals surface area contributed by atoms with E-state index in [-0.39, 0.29) is 11.8 Å². The average Bonchev–Trinajstić information content (AvgIpc) is 3.03. The van der Waals surface area contributed by atoms with Crippen molar-refractivity contribution in [2.24, 2.45) is 0 Å². The summed E-state index contributed by atoms with van der Waals surface area (Å²) in [6.07, 6.45) is 2.06. The smallest absolute Gasteiger partial charge is 0.348 e. The van der Waals surface area contributed by atoms with Gasteiger partial charge in [0.2, 0.25) is 0 Å². The van der Waals surface area contributed by atoms with Crippen LogP contribution in [-0.2, 0) is 22.4 Å². The van der Waals surface area contributed by atoms with Gasteiger partial charge in [-0.1, -0.05) is 5.92 Å². The summed E-state index contributed by atoms with van der Waals surface area (Å²) in [5.74, 6) is 6.63. The quantitative estimate of drug-likeness (QED) is 0.783. The van der Waals surface area contributed by atoms with Crippen LogP contribution in [0.4, 0.5) is 0 Å². The molecule has 148 valence electrons. The van der Waals surface area contributed by atoms with Crippen molar-refractivity contribution in [3.8, 4) is 28.2 Å². The number of hydrogen-bond donors (Lipinski definition) is 1. The Labute approximate surface area is 166 Å². The fourth-order valence-corrected chi connectivity index (χ4v) is 4.39. The highest BCUT2D eigenvalue weighted by atomic mass is 32.1. The Morgan fingerprint density at radius 3 is 3.07 bits per heavy atom. The molecule has 1 N–H and O–H groups in total. The second-order valence-electron chi connectivity index (χ2n) is 7.27. The number of aliphatic hydroxyl groups is 1. The van der Waals surface area contributed by atoms with Crippen LogP contribution in [0.25, 0.3) is 10.6 Å². The van der Waals surface area contributed by atoms with Gasteiger partial charge in [-0.05, 0) is 32.3 Å². The van der Waals surface area contributed by atoms with Crippen molar-refractivity contribution in [3.63, 3.8) is 0 Å². The summed E-state index contributed by atoms with van der Waals surface area (Å²) in [6, 6.07) is 1.84. The van der Waals surface area contributed by atoms with Crippen LogP contribution in [0.1, 0.15) is 24.3 Å². The van der Waals surface area contributed by atoms with Gasteiger partial charge in [-0.3, -0.25) is 4.57 Å². The van der Waals surface area contributed by atoms with E-state index in [1.807, 2.05) is 6.07 Å². The molecule has 0 amide bonds. The van der Waals surface area contributed by atoms with Crippen LogP contribution in [0.2, 0.25) is 0 Å². The molecule has 2 aromatic rings. The summed E-state index contributed by atoms with van der Waals surface area (Å²) in [5.41, 5.74) is 0.494. The summed E-state index contributed by atoms with van der Waals surface area (Å²) in [7, 11) is 0. The summed E-state index contributed by atoms with van der Waals surface area (Å²) in [4.78, 5) is 17.6. The van der Waals surface area contributed by atoms with E-state index in [9.17, 15) is 9.90 Å². The van der Waals surface area contributed by atoms with Crippen molar-refractivity contribution in [1.82, 2.24) is 9.55 Å². The Hall–Kier alpha value is -2.18. The first-order valence-electron chi connectivity index (χ1n) is 9.22. The van der Waals surface area contributed by atoms with Crippen molar-refractivity contribution >= 4 is 11.3 Å². The first kappa shape index (κ1) is 19.2. The van der Waals surface area contributed by atoms with Gasteiger partial charge in [0.15, 0.2) is 0 Å². The number of nitrogens with zero attached hydrogens (tertiary/aromatic N) is 2. The van der Waals surface area contributed by atoms with Gasteiger partial charge in [0.25, 0.3) is 0 Å². The normalized spacial score (nSPS) is 18.6. The molecule has 0 aromatic carbocycles. The molecule has 7 nitrogen and oxygen atoms in total. The molecule has 28 heavy (non-hydrogen) atoms. The van der Waals surface area contributed by atoms with E-state index in [4.69, 9.17) is 14.2 Å². The first-order chi connectivity index (χ1) is 13.4. The molecule has 0 radical (unpaired) electrons. The van der Waals surface area contributed by atoms with Gasteiger partial charge in [-0.2, -0.15) is 0 Å². The minimum Gasteiger partial charge on any atom is -0.488 e. The third kappa shape index (κ3) is 3.98. The first-order valence-corrected chi connectivity index (χ1v) is 10.0.